The van der Waals surface area contributed by atoms with Crippen LogP contribution in [0.25, 0.3) is 11.4 Å². The van der Waals surface area contributed by atoms with Gasteiger partial charge in [-0.05, 0) is 61.0 Å². The molecular formula is C33H21F6N5O3. The monoisotopic (exact) mass is 649 g/mol. The predicted octanol–water partition coefficient (Wildman–Crippen LogP) is 7.69. The number of nitrogens with zero attached hydrogens (tertiary/aromatic N) is 2. The third kappa shape index (κ3) is 5.85. The van der Waals surface area contributed by atoms with Crippen molar-refractivity contribution in [2.24, 2.45) is 0 Å². The van der Waals surface area contributed by atoms with Crippen LogP contribution in [-0.4, -0.2) is 26.5 Å². The fourth-order valence-electron chi connectivity index (χ4n) is 5.22. The molecule has 14 heteroatoms. The fourth-order valence-corrected chi connectivity index (χ4v) is 5.22. The van der Waals surface area contributed by atoms with Gasteiger partial charge in [-0.15, -0.1) is 0 Å². The number of carbonyl (C=O) groups is 2. The summed E-state index contributed by atoms with van der Waals surface area (Å²) in [6, 6.07) is 14.0. The third-order valence-corrected chi connectivity index (χ3v) is 7.44. The zero-order valence-electron chi connectivity index (χ0n) is 24.1. The second kappa shape index (κ2) is 11.5. The molecule has 8 nitrogen and oxygen atoms in total. The summed E-state index contributed by atoms with van der Waals surface area (Å²) in [5.74, 6) is -1.92. The molecule has 0 spiro atoms. The van der Waals surface area contributed by atoms with Gasteiger partial charge in [0.1, 0.15) is 11.4 Å². The van der Waals surface area contributed by atoms with Crippen molar-refractivity contribution >= 4 is 34.4 Å². The molecule has 0 aliphatic heterocycles. The van der Waals surface area contributed by atoms with E-state index in [9.17, 15) is 40.7 Å². The standard InChI is InChI=1S/C33H21F6N5O3/c1-2-16-13-21-25(44-31(16)47)29(46)24-23(28(21)45)26(22-11-3-4-12-40-22)43-30(42-20-10-6-8-18(15-20)33(37,38)39)27(24)41-19-9-5-7-17(14-19)32(34,35)36/h3-15,41H,2H2,1H3,(H,42,43)(H,44,47). The maximum absolute atomic E-state index is 14.2. The van der Waals surface area contributed by atoms with Crippen molar-refractivity contribution in [3.63, 3.8) is 0 Å². The number of H-pyrrole nitrogens is 1. The van der Waals surface area contributed by atoms with Crippen molar-refractivity contribution in [2.45, 2.75) is 25.7 Å². The lowest BCUT2D eigenvalue weighted by Gasteiger charge is -2.25. The lowest BCUT2D eigenvalue weighted by molar-refractivity contribution is -0.138. The van der Waals surface area contributed by atoms with Crippen LogP contribution in [-0.2, 0) is 18.8 Å². The molecule has 5 aromatic rings. The zero-order valence-corrected chi connectivity index (χ0v) is 24.1. The smallest absolute Gasteiger partial charge is 0.352 e. The zero-order chi connectivity index (χ0) is 33.7. The topological polar surface area (TPSA) is 117 Å². The number of alkyl halides is 6. The Hall–Kier alpha value is -5.79. The summed E-state index contributed by atoms with van der Waals surface area (Å²) < 4.78 is 81.6. The van der Waals surface area contributed by atoms with E-state index in [4.69, 9.17) is 0 Å². The molecular weight excluding hydrogens is 628 g/mol. The van der Waals surface area contributed by atoms with E-state index in [-0.39, 0.29) is 68.6 Å². The molecule has 6 rings (SSSR count). The van der Waals surface area contributed by atoms with E-state index in [1.54, 1.807) is 19.1 Å². The Bertz CT molecular complexity index is 2130. The molecule has 0 saturated heterocycles. The van der Waals surface area contributed by atoms with Gasteiger partial charge in [-0.1, -0.05) is 25.1 Å². The first-order chi connectivity index (χ1) is 22.3. The van der Waals surface area contributed by atoms with Crippen LogP contribution >= 0.6 is 0 Å². The molecule has 0 amide bonds. The molecule has 3 heterocycles. The van der Waals surface area contributed by atoms with E-state index in [0.717, 1.165) is 36.4 Å². The highest BCUT2D eigenvalue weighted by Gasteiger charge is 2.39. The van der Waals surface area contributed by atoms with Gasteiger partial charge in [-0.3, -0.25) is 19.4 Å². The number of carbonyl (C=O) groups excluding carboxylic acids is 2. The second-order valence-electron chi connectivity index (χ2n) is 10.5. The van der Waals surface area contributed by atoms with E-state index < -0.39 is 40.6 Å². The number of fused-ring (bicyclic) bond motifs is 2. The Morgan fingerprint density at radius 3 is 1.96 bits per heavy atom. The van der Waals surface area contributed by atoms with Crippen molar-refractivity contribution in [3.05, 3.63) is 128 Å². The first-order valence-corrected chi connectivity index (χ1v) is 14.0. The Kier molecular flexibility index (Phi) is 7.66. The number of anilines is 4. The molecule has 1 aliphatic rings. The number of aromatic nitrogens is 3. The summed E-state index contributed by atoms with van der Waals surface area (Å²) in [5, 5.41) is 5.48. The minimum Gasteiger partial charge on any atom is -0.352 e. The second-order valence-corrected chi connectivity index (χ2v) is 10.5. The minimum atomic E-state index is -4.74. The molecule has 0 bridgehead atoms. The van der Waals surface area contributed by atoms with Crippen LogP contribution < -0.4 is 16.2 Å². The van der Waals surface area contributed by atoms with Gasteiger partial charge in [0.2, 0.25) is 5.78 Å². The van der Waals surface area contributed by atoms with Crippen LogP contribution in [0.3, 0.4) is 0 Å². The number of hydrogen-bond donors (Lipinski definition) is 3. The number of aryl methyl sites for hydroxylation is 1. The maximum atomic E-state index is 14.2. The summed E-state index contributed by atoms with van der Waals surface area (Å²) in [6.45, 7) is 1.68. The molecule has 47 heavy (non-hydrogen) atoms. The van der Waals surface area contributed by atoms with Crippen molar-refractivity contribution < 1.29 is 35.9 Å². The lowest BCUT2D eigenvalue weighted by Crippen LogP contribution is -2.29. The number of rotatable bonds is 6. The van der Waals surface area contributed by atoms with Crippen LogP contribution in [0.5, 0.6) is 0 Å². The van der Waals surface area contributed by atoms with Gasteiger partial charge in [0.05, 0.1) is 39.2 Å². The highest BCUT2D eigenvalue weighted by atomic mass is 19.4. The number of ketones is 2. The van der Waals surface area contributed by atoms with Crippen LogP contribution in [0.1, 0.15) is 55.6 Å². The van der Waals surface area contributed by atoms with Crippen molar-refractivity contribution in [3.8, 4) is 11.4 Å². The van der Waals surface area contributed by atoms with E-state index in [1.807, 2.05) is 0 Å². The Morgan fingerprint density at radius 2 is 1.38 bits per heavy atom. The summed E-state index contributed by atoms with van der Waals surface area (Å²) in [7, 11) is 0. The van der Waals surface area contributed by atoms with Crippen LogP contribution in [0, 0.1) is 0 Å². The van der Waals surface area contributed by atoms with E-state index >= 15 is 0 Å². The van der Waals surface area contributed by atoms with E-state index in [2.05, 4.69) is 25.6 Å². The van der Waals surface area contributed by atoms with Crippen molar-refractivity contribution in [1.82, 2.24) is 15.0 Å². The average Bonchev–Trinajstić information content (AvgIpc) is 3.04. The molecule has 0 atom stereocenters. The molecule has 0 fully saturated rings. The fraction of sp³-hybridized carbons (Fsp3) is 0.121. The summed E-state index contributed by atoms with van der Waals surface area (Å²) in [6.07, 6.45) is -7.81. The SMILES string of the molecule is CCc1cc2c([nH]c1=O)C(=O)c1c(Nc3cccc(C(F)(F)F)c3)c(Nc3cccc(C(F)(F)F)c3)nc(-c3ccccn3)c1C2=O. The Labute approximate surface area is 261 Å². The lowest BCUT2D eigenvalue weighted by atomic mass is 9.83. The number of nitrogens with one attached hydrogen (secondary N) is 3. The van der Waals surface area contributed by atoms with E-state index in [1.165, 1.54) is 30.5 Å². The molecule has 2 aromatic carbocycles. The predicted molar refractivity (Wildman–Crippen MR) is 160 cm³/mol. The molecule has 3 aromatic heterocycles. The van der Waals surface area contributed by atoms with Gasteiger partial charge >= 0.3 is 12.4 Å². The van der Waals surface area contributed by atoms with Crippen molar-refractivity contribution in [2.75, 3.05) is 10.6 Å². The first kappa shape index (κ1) is 31.2. The summed E-state index contributed by atoms with van der Waals surface area (Å²) in [5.41, 5.74) is -4.22. The molecule has 1 aliphatic carbocycles. The van der Waals surface area contributed by atoms with Crippen LogP contribution in [0.2, 0.25) is 0 Å². The van der Waals surface area contributed by atoms with Crippen LogP contribution in [0.15, 0.2) is 83.8 Å². The number of hydrogen-bond acceptors (Lipinski definition) is 7. The third-order valence-electron chi connectivity index (χ3n) is 7.44. The maximum Gasteiger partial charge on any atom is 0.416 e. The molecule has 0 unspecified atom stereocenters. The molecule has 0 radical (unpaired) electrons. The number of halogens is 6. The quantitative estimate of drug-likeness (QED) is 0.158. The molecule has 3 N–H and O–H groups in total. The number of benzene rings is 2. The first-order valence-electron chi connectivity index (χ1n) is 14.0. The molecule has 238 valence electrons. The van der Waals surface area contributed by atoms with Gasteiger partial charge in [0.15, 0.2) is 11.6 Å². The largest absolute Gasteiger partial charge is 0.416 e. The van der Waals surface area contributed by atoms with Gasteiger partial charge in [-0.25, -0.2) is 4.98 Å². The molecule has 0 saturated carbocycles. The van der Waals surface area contributed by atoms with E-state index in [0.29, 0.717) is 0 Å². The Balaban J connectivity index is 1.66. The van der Waals surface area contributed by atoms with Gasteiger partial charge in [0, 0.05) is 23.1 Å². The highest BCUT2D eigenvalue weighted by molar-refractivity contribution is 6.31. The number of aromatic amines is 1. The summed E-state index contributed by atoms with van der Waals surface area (Å²) >= 11 is 0. The average molecular weight is 650 g/mol. The highest BCUT2D eigenvalue weighted by Crippen LogP contribution is 2.43. The Morgan fingerprint density at radius 1 is 0.745 bits per heavy atom. The normalized spacial score (nSPS) is 12.8. The van der Waals surface area contributed by atoms with Crippen molar-refractivity contribution in [1.29, 1.82) is 0 Å². The van der Waals surface area contributed by atoms with Gasteiger partial charge in [-0.2, -0.15) is 26.3 Å². The van der Waals surface area contributed by atoms with Crippen LogP contribution in [0.4, 0.5) is 49.2 Å². The van der Waals surface area contributed by atoms with Gasteiger partial charge < -0.3 is 15.6 Å². The van der Waals surface area contributed by atoms with Gasteiger partial charge in [0.25, 0.3) is 5.56 Å². The number of pyridine rings is 3. The minimum absolute atomic E-state index is 0.117. The summed E-state index contributed by atoms with van der Waals surface area (Å²) in [4.78, 5) is 52.4.